The quantitative estimate of drug-likeness (QED) is 0.670. The normalized spacial score (nSPS) is 12.2. The molecule has 3 aromatic rings. The highest BCUT2D eigenvalue weighted by molar-refractivity contribution is 7.18. The summed E-state index contributed by atoms with van der Waals surface area (Å²) in [5, 5.41) is 0.901. The van der Waals surface area contributed by atoms with Crippen molar-refractivity contribution >= 4 is 21.6 Å². The molecule has 0 bridgehead atoms. The molecule has 0 atom stereocenters. The average Bonchev–Trinajstić information content (AvgIpc) is 2.88. The standard InChI is InChI=1S/C17H15F3N2S/c1-22(10-12-6-2-3-7-13(12)17(18,19)20)11-16-21-14-8-4-5-9-15(14)23-16/h2-9H,10-11H2,1H3. The van der Waals surface area contributed by atoms with Gasteiger partial charge < -0.3 is 0 Å². The molecule has 6 heteroatoms. The maximum atomic E-state index is 13.0. The Balaban J connectivity index is 1.76. The number of aromatic nitrogens is 1. The second-order valence-electron chi connectivity index (χ2n) is 5.40. The Morgan fingerprint density at radius 3 is 2.43 bits per heavy atom. The SMILES string of the molecule is CN(Cc1nc2ccccc2s1)Cc1ccccc1C(F)(F)F. The molecule has 1 heterocycles. The molecule has 0 saturated heterocycles. The Morgan fingerprint density at radius 1 is 1.00 bits per heavy atom. The summed E-state index contributed by atoms with van der Waals surface area (Å²) in [6.45, 7) is 0.747. The van der Waals surface area contributed by atoms with Crippen LogP contribution in [-0.2, 0) is 19.3 Å². The third-order valence-electron chi connectivity index (χ3n) is 3.51. The second-order valence-corrected chi connectivity index (χ2v) is 6.52. The molecule has 0 aliphatic heterocycles. The van der Waals surface area contributed by atoms with Gasteiger partial charge in [-0.3, -0.25) is 4.90 Å². The number of hydrogen-bond acceptors (Lipinski definition) is 3. The molecule has 0 aliphatic rings. The summed E-state index contributed by atoms with van der Waals surface area (Å²) < 4.78 is 40.2. The van der Waals surface area contributed by atoms with Crippen molar-refractivity contribution in [2.45, 2.75) is 19.3 Å². The van der Waals surface area contributed by atoms with Gasteiger partial charge in [-0.2, -0.15) is 13.2 Å². The van der Waals surface area contributed by atoms with Crippen LogP contribution in [0.4, 0.5) is 13.2 Å². The third kappa shape index (κ3) is 3.71. The number of fused-ring (bicyclic) bond motifs is 1. The van der Waals surface area contributed by atoms with E-state index in [1.54, 1.807) is 24.5 Å². The maximum Gasteiger partial charge on any atom is 0.416 e. The van der Waals surface area contributed by atoms with Gasteiger partial charge in [0.05, 0.1) is 22.3 Å². The van der Waals surface area contributed by atoms with E-state index < -0.39 is 11.7 Å². The number of hydrogen-bond donors (Lipinski definition) is 0. The molecule has 0 amide bonds. The third-order valence-corrected chi connectivity index (χ3v) is 4.53. The fourth-order valence-electron chi connectivity index (χ4n) is 2.50. The summed E-state index contributed by atoms with van der Waals surface area (Å²) >= 11 is 1.57. The van der Waals surface area contributed by atoms with Crippen LogP contribution in [-0.4, -0.2) is 16.9 Å². The average molecular weight is 336 g/mol. The van der Waals surface area contributed by atoms with Crippen LogP contribution in [0.25, 0.3) is 10.2 Å². The van der Waals surface area contributed by atoms with Gasteiger partial charge in [0.2, 0.25) is 0 Å². The lowest BCUT2D eigenvalue weighted by Gasteiger charge is -2.18. The molecule has 0 unspecified atom stereocenters. The lowest BCUT2D eigenvalue weighted by atomic mass is 10.1. The minimum absolute atomic E-state index is 0.228. The van der Waals surface area contributed by atoms with Gasteiger partial charge in [0.25, 0.3) is 0 Å². The zero-order valence-electron chi connectivity index (χ0n) is 12.5. The summed E-state index contributed by atoms with van der Waals surface area (Å²) in [6, 6.07) is 13.5. The van der Waals surface area contributed by atoms with Gasteiger partial charge in [0.15, 0.2) is 0 Å². The number of nitrogens with zero attached hydrogens (tertiary/aromatic N) is 2. The molecule has 0 saturated carbocycles. The monoisotopic (exact) mass is 336 g/mol. The fraction of sp³-hybridized carbons (Fsp3) is 0.235. The highest BCUT2D eigenvalue weighted by Gasteiger charge is 2.33. The highest BCUT2D eigenvalue weighted by atomic mass is 32.1. The Hall–Kier alpha value is -1.92. The van der Waals surface area contributed by atoms with Crippen LogP contribution >= 0.6 is 11.3 Å². The summed E-state index contributed by atoms with van der Waals surface area (Å²) in [6.07, 6.45) is -4.33. The molecular formula is C17H15F3N2S. The van der Waals surface area contributed by atoms with Gasteiger partial charge in [-0.25, -0.2) is 4.98 Å². The van der Waals surface area contributed by atoms with Gasteiger partial charge in [-0.05, 0) is 30.8 Å². The zero-order valence-corrected chi connectivity index (χ0v) is 13.3. The van der Waals surface area contributed by atoms with Crippen LogP contribution in [0.2, 0.25) is 0 Å². The number of para-hydroxylation sites is 1. The van der Waals surface area contributed by atoms with E-state index in [0.717, 1.165) is 21.3 Å². The molecule has 0 N–H and O–H groups in total. The molecule has 2 nitrogen and oxygen atoms in total. The van der Waals surface area contributed by atoms with Crippen LogP contribution < -0.4 is 0 Å². The first-order chi connectivity index (χ1) is 10.9. The Bertz CT molecular complexity index is 778. The van der Waals surface area contributed by atoms with Gasteiger partial charge >= 0.3 is 6.18 Å². The van der Waals surface area contributed by atoms with E-state index >= 15 is 0 Å². The van der Waals surface area contributed by atoms with Crippen molar-refractivity contribution in [3.8, 4) is 0 Å². The van der Waals surface area contributed by atoms with Crippen LogP contribution in [0, 0.1) is 0 Å². The molecule has 0 fully saturated rings. The zero-order chi connectivity index (χ0) is 16.4. The highest BCUT2D eigenvalue weighted by Crippen LogP contribution is 2.32. The largest absolute Gasteiger partial charge is 0.416 e. The Morgan fingerprint density at radius 2 is 1.70 bits per heavy atom. The van der Waals surface area contributed by atoms with E-state index in [2.05, 4.69) is 4.98 Å². The second kappa shape index (κ2) is 6.29. The van der Waals surface area contributed by atoms with Gasteiger partial charge in [0.1, 0.15) is 5.01 Å². The molecule has 0 radical (unpaired) electrons. The lowest BCUT2D eigenvalue weighted by Crippen LogP contribution is -2.20. The molecule has 120 valence electrons. The smallest absolute Gasteiger partial charge is 0.295 e. The maximum absolute atomic E-state index is 13.0. The van der Waals surface area contributed by atoms with Crippen molar-refractivity contribution in [1.82, 2.24) is 9.88 Å². The first-order valence-corrected chi connectivity index (χ1v) is 7.93. The van der Waals surface area contributed by atoms with Crippen LogP contribution in [0.15, 0.2) is 48.5 Å². The van der Waals surface area contributed by atoms with E-state index in [4.69, 9.17) is 0 Å². The number of thiazole rings is 1. The predicted octanol–water partition coefficient (Wildman–Crippen LogP) is 4.95. The number of alkyl halides is 3. The van der Waals surface area contributed by atoms with Crippen molar-refractivity contribution in [2.24, 2.45) is 0 Å². The number of rotatable bonds is 4. The van der Waals surface area contributed by atoms with Crippen molar-refractivity contribution in [3.05, 3.63) is 64.7 Å². The topological polar surface area (TPSA) is 16.1 Å². The fourth-order valence-corrected chi connectivity index (χ4v) is 3.55. The minimum atomic E-state index is -4.33. The molecule has 2 aromatic carbocycles. The summed E-state index contributed by atoms with van der Waals surface area (Å²) in [5.74, 6) is 0. The van der Waals surface area contributed by atoms with Gasteiger partial charge in [0, 0.05) is 6.54 Å². The predicted molar refractivity (Wildman–Crippen MR) is 86.2 cm³/mol. The van der Waals surface area contributed by atoms with E-state index in [0.29, 0.717) is 6.54 Å². The summed E-state index contributed by atoms with van der Waals surface area (Å²) in [7, 11) is 1.80. The first-order valence-electron chi connectivity index (χ1n) is 7.11. The van der Waals surface area contributed by atoms with Crippen LogP contribution in [0.3, 0.4) is 0 Å². The van der Waals surface area contributed by atoms with E-state index in [1.165, 1.54) is 12.1 Å². The molecule has 3 rings (SSSR count). The molecular weight excluding hydrogens is 321 g/mol. The van der Waals surface area contributed by atoms with Crippen LogP contribution in [0.1, 0.15) is 16.1 Å². The van der Waals surface area contributed by atoms with Crippen molar-refractivity contribution in [2.75, 3.05) is 7.05 Å². The van der Waals surface area contributed by atoms with Crippen molar-refractivity contribution in [1.29, 1.82) is 0 Å². The summed E-state index contributed by atoms with van der Waals surface area (Å²) in [4.78, 5) is 6.37. The number of benzene rings is 2. The molecule has 0 aliphatic carbocycles. The summed E-state index contributed by atoms with van der Waals surface area (Å²) in [5.41, 5.74) is 0.636. The molecule has 1 aromatic heterocycles. The van der Waals surface area contributed by atoms with Crippen molar-refractivity contribution < 1.29 is 13.2 Å². The lowest BCUT2D eigenvalue weighted by molar-refractivity contribution is -0.138. The molecule has 0 spiro atoms. The van der Waals surface area contributed by atoms with Gasteiger partial charge in [-0.15, -0.1) is 11.3 Å². The van der Waals surface area contributed by atoms with E-state index in [9.17, 15) is 13.2 Å². The number of halogens is 3. The minimum Gasteiger partial charge on any atom is -0.295 e. The van der Waals surface area contributed by atoms with E-state index in [1.807, 2.05) is 29.2 Å². The van der Waals surface area contributed by atoms with E-state index in [-0.39, 0.29) is 12.1 Å². The van der Waals surface area contributed by atoms with Gasteiger partial charge in [-0.1, -0.05) is 30.3 Å². The first kappa shape index (κ1) is 16.0. The van der Waals surface area contributed by atoms with Crippen molar-refractivity contribution in [3.63, 3.8) is 0 Å². The Labute approximate surface area is 136 Å². The molecule has 23 heavy (non-hydrogen) atoms. The van der Waals surface area contributed by atoms with Crippen LogP contribution in [0.5, 0.6) is 0 Å². The Kier molecular flexibility index (Phi) is 4.37.